The Kier molecular flexibility index (Phi) is 5.51. The van der Waals surface area contributed by atoms with Crippen LogP contribution in [0.15, 0.2) is 40.8 Å². The van der Waals surface area contributed by atoms with Crippen LogP contribution in [-0.2, 0) is 4.74 Å². The number of hydrogen-bond donors (Lipinski definition) is 0. The predicted molar refractivity (Wildman–Crippen MR) is 99.8 cm³/mol. The molecule has 0 fully saturated rings. The molecule has 134 valence electrons. The average molecular weight is 412 g/mol. The van der Waals surface area contributed by atoms with Crippen LogP contribution in [-0.4, -0.2) is 16.2 Å². The van der Waals surface area contributed by atoms with Crippen molar-refractivity contribution in [3.8, 4) is 11.5 Å². The molecule has 0 spiro atoms. The minimum absolute atomic E-state index is 0.00837. The zero-order valence-electron chi connectivity index (χ0n) is 13.8. The number of benzene rings is 2. The van der Waals surface area contributed by atoms with Gasteiger partial charge in [-0.2, -0.15) is 0 Å². The van der Waals surface area contributed by atoms with E-state index in [4.69, 9.17) is 44.0 Å². The number of carbonyl (C=O) groups is 1. The molecule has 0 N–H and O–H groups in total. The first kappa shape index (κ1) is 18.7. The molecule has 0 aliphatic heterocycles. The number of rotatable bonds is 4. The second kappa shape index (κ2) is 7.66. The number of ether oxygens (including phenoxy) is 1. The van der Waals surface area contributed by atoms with Crippen LogP contribution in [0.1, 0.15) is 34.8 Å². The maximum atomic E-state index is 12.4. The van der Waals surface area contributed by atoms with E-state index in [1.807, 2.05) is 31.2 Å². The van der Waals surface area contributed by atoms with E-state index in [1.165, 1.54) is 12.1 Å². The molecular weight excluding hydrogens is 399 g/mol. The monoisotopic (exact) mass is 410 g/mol. The molecule has 5 nitrogen and oxygen atoms in total. The Balaban J connectivity index is 1.79. The lowest BCUT2D eigenvalue weighted by Gasteiger charge is -2.12. The quantitative estimate of drug-likeness (QED) is 0.393. The van der Waals surface area contributed by atoms with Gasteiger partial charge in [-0.05, 0) is 38.1 Å². The molecule has 0 aliphatic rings. The number of halogens is 3. The van der Waals surface area contributed by atoms with Crippen LogP contribution in [0.3, 0.4) is 0 Å². The van der Waals surface area contributed by atoms with Gasteiger partial charge in [0, 0.05) is 5.56 Å². The number of aryl methyl sites for hydroxylation is 1. The van der Waals surface area contributed by atoms with E-state index in [2.05, 4.69) is 10.2 Å². The van der Waals surface area contributed by atoms with Crippen LogP contribution in [0.25, 0.3) is 11.5 Å². The van der Waals surface area contributed by atoms with E-state index >= 15 is 0 Å². The van der Waals surface area contributed by atoms with Crippen LogP contribution in [0.4, 0.5) is 0 Å². The molecule has 0 saturated carbocycles. The molecule has 1 aromatic heterocycles. The van der Waals surface area contributed by atoms with Gasteiger partial charge in [0.2, 0.25) is 5.89 Å². The third-order valence-corrected chi connectivity index (χ3v) is 4.74. The van der Waals surface area contributed by atoms with E-state index in [1.54, 1.807) is 6.92 Å². The van der Waals surface area contributed by atoms with Crippen LogP contribution in [0, 0.1) is 6.92 Å². The second-order valence-electron chi connectivity index (χ2n) is 5.58. The topological polar surface area (TPSA) is 65.2 Å². The Morgan fingerprint density at radius 3 is 2.38 bits per heavy atom. The van der Waals surface area contributed by atoms with Gasteiger partial charge in [0.05, 0.1) is 20.6 Å². The van der Waals surface area contributed by atoms with Crippen LogP contribution in [0.2, 0.25) is 15.1 Å². The third kappa shape index (κ3) is 3.85. The standard InChI is InChI=1S/C18H13Cl3N2O3/c1-9-3-5-11(6-4-9)17-23-22-16(26-17)10(2)25-18(24)14-12(19)7-8-13(20)15(14)21/h3-8,10H,1-2H3/t10-/m1/s1. The molecule has 1 heterocycles. The van der Waals surface area contributed by atoms with Crippen molar-refractivity contribution in [2.24, 2.45) is 0 Å². The summed E-state index contributed by atoms with van der Waals surface area (Å²) in [7, 11) is 0. The van der Waals surface area contributed by atoms with Gasteiger partial charge in [-0.1, -0.05) is 52.5 Å². The van der Waals surface area contributed by atoms with Gasteiger partial charge >= 0.3 is 5.97 Å². The number of nitrogens with zero attached hydrogens (tertiary/aromatic N) is 2. The predicted octanol–water partition coefficient (Wildman–Crippen LogP) is 5.92. The maximum Gasteiger partial charge on any atom is 0.342 e. The SMILES string of the molecule is Cc1ccc(-c2nnc([C@@H](C)OC(=O)c3c(Cl)ccc(Cl)c3Cl)o2)cc1. The van der Waals surface area contributed by atoms with Crippen LogP contribution < -0.4 is 0 Å². The first-order chi connectivity index (χ1) is 12.4. The highest BCUT2D eigenvalue weighted by molar-refractivity contribution is 6.46. The van der Waals surface area contributed by atoms with Crippen LogP contribution >= 0.6 is 34.8 Å². The highest BCUT2D eigenvalue weighted by Crippen LogP contribution is 2.33. The Labute approximate surface area is 164 Å². The van der Waals surface area contributed by atoms with E-state index in [-0.39, 0.29) is 26.5 Å². The fourth-order valence-electron chi connectivity index (χ4n) is 2.20. The third-order valence-electron chi connectivity index (χ3n) is 3.62. The Hall–Kier alpha value is -2.08. The number of hydrogen-bond acceptors (Lipinski definition) is 5. The molecular formula is C18H13Cl3N2O3. The van der Waals surface area contributed by atoms with Crippen molar-refractivity contribution in [3.63, 3.8) is 0 Å². The Morgan fingerprint density at radius 1 is 1.04 bits per heavy atom. The summed E-state index contributed by atoms with van der Waals surface area (Å²) in [6.07, 6.45) is -0.791. The van der Waals surface area contributed by atoms with E-state index in [0.717, 1.165) is 11.1 Å². The van der Waals surface area contributed by atoms with Gasteiger partial charge in [-0.25, -0.2) is 4.79 Å². The smallest absolute Gasteiger partial charge is 0.342 e. The van der Waals surface area contributed by atoms with Crippen molar-refractivity contribution in [1.82, 2.24) is 10.2 Å². The second-order valence-corrected chi connectivity index (χ2v) is 6.77. The Morgan fingerprint density at radius 2 is 1.69 bits per heavy atom. The summed E-state index contributed by atoms with van der Waals surface area (Å²) in [6, 6.07) is 10.6. The Bertz CT molecular complexity index is 955. The molecule has 1 atom stereocenters. The highest BCUT2D eigenvalue weighted by atomic mass is 35.5. The molecule has 26 heavy (non-hydrogen) atoms. The van der Waals surface area contributed by atoms with Crippen molar-refractivity contribution in [1.29, 1.82) is 0 Å². The number of esters is 1. The molecule has 0 bridgehead atoms. The van der Waals surface area contributed by atoms with Crippen molar-refractivity contribution < 1.29 is 13.9 Å². The van der Waals surface area contributed by atoms with Crippen molar-refractivity contribution in [2.75, 3.05) is 0 Å². The molecule has 0 unspecified atom stereocenters. The van der Waals surface area contributed by atoms with Gasteiger partial charge in [0.1, 0.15) is 0 Å². The molecule has 0 saturated heterocycles. The lowest BCUT2D eigenvalue weighted by molar-refractivity contribution is 0.0280. The first-order valence-electron chi connectivity index (χ1n) is 7.61. The number of aromatic nitrogens is 2. The molecule has 2 aromatic carbocycles. The van der Waals surface area contributed by atoms with Gasteiger partial charge in [0.25, 0.3) is 5.89 Å². The molecule has 8 heteroatoms. The highest BCUT2D eigenvalue weighted by Gasteiger charge is 2.24. The van der Waals surface area contributed by atoms with Crippen LogP contribution in [0.5, 0.6) is 0 Å². The van der Waals surface area contributed by atoms with Crippen molar-refractivity contribution >= 4 is 40.8 Å². The van der Waals surface area contributed by atoms with E-state index < -0.39 is 12.1 Å². The summed E-state index contributed by atoms with van der Waals surface area (Å²) in [5.41, 5.74) is 1.88. The van der Waals surface area contributed by atoms with Gasteiger partial charge in [-0.15, -0.1) is 10.2 Å². The minimum atomic E-state index is -0.791. The van der Waals surface area contributed by atoms with E-state index in [0.29, 0.717) is 5.89 Å². The number of carbonyl (C=O) groups excluding carboxylic acids is 1. The zero-order valence-corrected chi connectivity index (χ0v) is 16.1. The fourth-order valence-corrected chi connectivity index (χ4v) is 2.88. The molecule has 0 amide bonds. The summed E-state index contributed by atoms with van der Waals surface area (Å²) in [5, 5.41) is 8.30. The summed E-state index contributed by atoms with van der Waals surface area (Å²) in [4.78, 5) is 12.4. The van der Waals surface area contributed by atoms with E-state index in [9.17, 15) is 4.79 Å². The largest absolute Gasteiger partial charge is 0.449 e. The zero-order chi connectivity index (χ0) is 18.8. The summed E-state index contributed by atoms with van der Waals surface area (Å²) < 4.78 is 10.9. The summed E-state index contributed by atoms with van der Waals surface area (Å²) in [6.45, 7) is 3.59. The van der Waals surface area contributed by atoms with Crippen molar-refractivity contribution in [3.05, 3.63) is 68.5 Å². The van der Waals surface area contributed by atoms with Gasteiger partial charge in [0.15, 0.2) is 6.10 Å². The molecule has 3 rings (SSSR count). The lowest BCUT2D eigenvalue weighted by atomic mass is 10.1. The summed E-state index contributed by atoms with van der Waals surface area (Å²) in [5.74, 6) is -0.241. The van der Waals surface area contributed by atoms with Gasteiger partial charge < -0.3 is 9.15 Å². The lowest BCUT2D eigenvalue weighted by Crippen LogP contribution is -2.11. The first-order valence-corrected chi connectivity index (χ1v) is 8.75. The average Bonchev–Trinajstić information content (AvgIpc) is 3.09. The van der Waals surface area contributed by atoms with Gasteiger partial charge in [-0.3, -0.25) is 0 Å². The fraction of sp³-hybridized carbons (Fsp3) is 0.167. The molecule has 0 radical (unpaired) electrons. The minimum Gasteiger partial charge on any atom is -0.449 e. The van der Waals surface area contributed by atoms with Crippen molar-refractivity contribution in [2.45, 2.75) is 20.0 Å². The summed E-state index contributed by atoms with van der Waals surface area (Å²) >= 11 is 18.0. The molecule has 0 aliphatic carbocycles. The molecule has 3 aromatic rings. The maximum absolute atomic E-state index is 12.4. The normalized spacial score (nSPS) is 12.0.